The van der Waals surface area contributed by atoms with E-state index in [4.69, 9.17) is 16.3 Å². The molecule has 0 aliphatic rings. The molecule has 3 rings (SSSR count). The van der Waals surface area contributed by atoms with Gasteiger partial charge in [-0.05, 0) is 54.6 Å². The van der Waals surface area contributed by atoms with E-state index in [1.165, 1.54) is 10.7 Å². The second kappa shape index (κ2) is 9.03. The van der Waals surface area contributed by atoms with Crippen molar-refractivity contribution in [2.24, 2.45) is 0 Å². The summed E-state index contributed by atoms with van der Waals surface area (Å²) in [6.07, 6.45) is 0. The number of halogens is 1. The Morgan fingerprint density at radius 2 is 2.00 bits per heavy atom. The second-order valence-corrected chi connectivity index (χ2v) is 7.59. The van der Waals surface area contributed by atoms with Crippen molar-refractivity contribution in [2.45, 2.75) is 20.4 Å². The van der Waals surface area contributed by atoms with E-state index in [9.17, 15) is 9.59 Å². The highest BCUT2D eigenvalue weighted by atomic mass is 35.5. The van der Waals surface area contributed by atoms with Gasteiger partial charge in [-0.3, -0.25) is 9.59 Å². The minimum atomic E-state index is -0.271. The molecule has 2 aromatic heterocycles. The molecule has 0 aliphatic carbocycles. The van der Waals surface area contributed by atoms with Gasteiger partial charge in [-0.25, -0.2) is 4.68 Å². The summed E-state index contributed by atoms with van der Waals surface area (Å²) in [5.41, 5.74) is 2.32. The lowest BCUT2D eigenvalue weighted by atomic mass is 10.1. The van der Waals surface area contributed by atoms with Crippen molar-refractivity contribution in [3.05, 3.63) is 68.3 Å². The summed E-state index contributed by atoms with van der Waals surface area (Å²) >= 11 is 7.68. The molecule has 1 N–H and O–H groups in total. The number of benzene rings is 1. The van der Waals surface area contributed by atoms with Gasteiger partial charge < -0.3 is 10.1 Å². The Labute approximate surface area is 171 Å². The van der Waals surface area contributed by atoms with Crippen molar-refractivity contribution < 1.29 is 9.53 Å². The van der Waals surface area contributed by atoms with Crippen LogP contribution in [0.15, 0.2) is 46.6 Å². The van der Waals surface area contributed by atoms with E-state index in [1.54, 1.807) is 29.5 Å². The number of carbonyl (C=O) groups is 1. The van der Waals surface area contributed by atoms with Crippen molar-refractivity contribution in [3.63, 3.8) is 0 Å². The molecule has 0 saturated carbocycles. The Morgan fingerprint density at radius 1 is 1.25 bits per heavy atom. The summed E-state index contributed by atoms with van der Waals surface area (Å²) in [4.78, 5) is 25.0. The number of aromatic nitrogens is 2. The number of amides is 1. The predicted octanol–water partition coefficient (Wildman–Crippen LogP) is 3.44. The smallest absolute Gasteiger partial charge is 0.266 e. The quantitative estimate of drug-likeness (QED) is 0.639. The van der Waals surface area contributed by atoms with Crippen LogP contribution in [-0.2, 0) is 11.3 Å². The molecule has 3 aromatic rings. The molecule has 146 valence electrons. The molecule has 0 atom stereocenters. The zero-order chi connectivity index (χ0) is 20.1. The number of rotatable bonds is 7. The third kappa shape index (κ3) is 4.99. The van der Waals surface area contributed by atoms with E-state index in [2.05, 4.69) is 10.4 Å². The van der Waals surface area contributed by atoms with Gasteiger partial charge in [0.2, 0.25) is 0 Å². The van der Waals surface area contributed by atoms with Crippen molar-refractivity contribution in [1.29, 1.82) is 0 Å². The van der Waals surface area contributed by atoms with Crippen LogP contribution in [0.4, 0.5) is 0 Å². The lowest BCUT2D eigenvalue weighted by molar-refractivity contribution is -0.123. The fourth-order valence-corrected chi connectivity index (χ4v) is 3.46. The topological polar surface area (TPSA) is 73.2 Å². The average Bonchev–Trinajstić information content (AvgIpc) is 3.20. The van der Waals surface area contributed by atoms with Crippen LogP contribution in [0.5, 0.6) is 5.75 Å². The number of hydrogen-bond acceptors (Lipinski definition) is 5. The molecule has 0 saturated heterocycles. The first-order valence-electron chi connectivity index (χ1n) is 8.72. The third-order valence-electron chi connectivity index (χ3n) is 4.07. The van der Waals surface area contributed by atoms with Gasteiger partial charge in [0.1, 0.15) is 11.4 Å². The normalized spacial score (nSPS) is 10.7. The number of nitrogens with zero attached hydrogens (tertiary/aromatic N) is 2. The molecule has 0 aliphatic heterocycles. The number of carbonyl (C=O) groups excluding carboxylic acids is 1. The minimum Gasteiger partial charge on any atom is -0.484 e. The maximum Gasteiger partial charge on any atom is 0.266 e. The molecule has 0 spiro atoms. The van der Waals surface area contributed by atoms with Crippen LogP contribution >= 0.6 is 22.9 Å². The molecular formula is C20H20ClN3O3S. The minimum absolute atomic E-state index is 0.113. The molecule has 1 aromatic carbocycles. The van der Waals surface area contributed by atoms with E-state index < -0.39 is 0 Å². The highest BCUT2D eigenvalue weighted by molar-refractivity contribution is 7.13. The van der Waals surface area contributed by atoms with Crippen LogP contribution in [0.2, 0.25) is 5.02 Å². The zero-order valence-corrected chi connectivity index (χ0v) is 17.1. The Morgan fingerprint density at radius 3 is 2.68 bits per heavy atom. The monoisotopic (exact) mass is 417 g/mol. The summed E-state index contributed by atoms with van der Waals surface area (Å²) in [5, 5.41) is 9.74. The molecule has 0 radical (unpaired) electrons. The fraction of sp³-hybridized carbons (Fsp3) is 0.250. The summed E-state index contributed by atoms with van der Waals surface area (Å²) in [5.74, 6) is 0.323. The van der Waals surface area contributed by atoms with E-state index >= 15 is 0 Å². The highest BCUT2D eigenvalue weighted by Crippen LogP contribution is 2.25. The zero-order valence-electron chi connectivity index (χ0n) is 15.6. The standard InChI is InChI=1S/C20H20ClN3O3S/c1-13-10-15(11-14(2)20(13)21)27-12-18(25)22-7-8-24-19(26)6-5-16(23-24)17-4-3-9-28-17/h3-6,9-11H,7-8,12H2,1-2H3,(H,22,25). The Kier molecular flexibility index (Phi) is 6.49. The van der Waals surface area contributed by atoms with Gasteiger partial charge in [0.15, 0.2) is 6.61 Å². The number of thiophene rings is 1. The van der Waals surface area contributed by atoms with Crippen LogP contribution in [0.3, 0.4) is 0 Å². The van der Waals surface area contributed by atoms with Gasteiger partial charge in [-0.1, -0.05) is 17.7 Å². The number of hydrogen-bond donors (Lipinski definition) is 1. The van der Waals surface area contributed by atoms with E-state index in [1.807, 2.05) is 31.4 Å². The molecule has 6 nitrogen and oxygen atoms in total. The van der Waals surface area contributed by atoms with E-state index in [-0.39, 0.29) is 31.2 Å². The van der Waals surface area contributed by atoms with E-state index in [0.717, 1.165) is 21.7 Å². The second-order valence-electron chi connectivity index (χ2n) is 6.27. The van der Waals surface area contributed by atoms with Gasteiger partial charge in [0, 0.05) is 17.6 Å². The summed E-state index contributed by atoms with van der Waals surface area (Å²) in [6.45, 7) is 4.22. The van der Waals surface area contributed by atoms with Gasteiger partial charge in [-0.2, -0.15) is 5.10 Å². The van der Waals surface area contributed by atoms with Crippen LogP contribution in [0, 0.1) is 13.8 Å². The molecule has 0 fully saturated rings. The van der Waals surface area contributed by atoms with E-state index in [0.29, 0.717) is 10.8 Å². The Bertz CT molecular complexity index is 1010. The van der Waals surface area contributed by atoms with Crippen LogP contribution in [0.25, 0.3) is 10.6 Å². The fourth-order valence-electron chi connectivity index (χ4n) is 2.66. The first-order valence-corrected chi connectivity index (χ1v) is 9.98. The van der Waals surface area contributed by atoms with Gasteiger partial charge >= 0.3 is 0 Å². The van der Waals surface area contributed by atoms with Crippen molar-refractivity contribution >= 4 is 28.8 Å². The molecule has 1 amide bonds. The molecule has 28 heavy (non-hydrogen) atoms. The number of aryl methyl sites for hydroxylation is 2. The summed E-state index contributed by atoms with van der Waals surface area (Å²) < 4.78 is 6.87. The van der Waals surface area contributed by atoms with Crippen LogP contribution in [0.1, 0.15) is 11.1 Å². The van der Waals surface area contributed by atoms with Gasteiger partial charge in [-0.15, -0.1) is 11.3 Å². The largest absolute Gasteiger partial charge is 0.484 e. The molecule has 0 bridgehead atoms. The number of ether oxygens (including phenoxy) is 1. The number of nitrogens with one attached hydrogen (secondary N) is 1. The van der Waals surface area contributed by atoms with Crippen molar-refractivity contribution in [1.82, 2.24) is 15.1 Å². The lowest BCUT2D eigenvalue weighted by Crippen LogP contribution is -2.34. The summed E-state index contributed by atoms with van der Waals surface area (Å²) in [7, 11) is 0. The predicted molar refractivity (Wildman–Crippen MR) is 111 cm³/mol. The highest BCUT2D eigenvalue weighted by Gasteiger charge is 2.08. The molecular weight excluding hydrogens is 398 g/mol. The lowest BCUT2D eigenvalue weighted by Gasteiger charge is -2.11. The SMILES string of the molecule is Cc1cc(OCC(=O)NCCn2nc(-c3cccs3)ccc2=O)cc(C)c1Cl. The maximum atomic E-state index is 12.0. The van der Waals surface area contributed by atoms with Gasteiger partial charge in [0.05, 0.1) is 11.4 Å². The van der Waals surface area contributed by atoms with Crippen molar-refractivity contribution in [2.75, 3.05) is 13.2 Å². The van der Waals surface area contributed by atoms with Gasteiger partial charge in [0.25, 0.3) is 11.5 Å². The van der Waals surface area contributed by atoms with Crippen molar-refractivity contribution in [3.8, 4) is 16.3 Å². The third-order valence-corrected chi connectivity index (χ3v) is 5.55. The summed E-state index contributed by atoms with van der Waals surface area (Å²) in [6, 6.07) is 10.7. The molecule has 8 heteroatoms. The van der Waals surface area contributed by atoms with Crippen LogP contribution in [-0.4, -0.2) is 28.8 Å². The molecule has 0 unspecified atom stereocenters. The maximum absolute atomic E-state index is 12.0. The average molecular weight is 418 g/mol. The van der Waals surface area contributed by atoms with Crippen LogP contribution < -0.4 is 15.6 Å². The Hall–Kier alpha value is -2.64. The first kappa shape index (κ1) is 20.1. The first-order chi connectivity index (χ1) is 13.4. The Balaban J connectivity index is 1.52. The molecule has 2 heterocycles.